The third-order valence-electron chi connectivity index (χ3n) is 7.60. The molecule has 5 nitrogen and oxygen atoms in total. The van der Waals surface area contributed by atoms with Crippen molar-refractivity contribution >= 4 is 28.4 Å². The number of ketones is 1. The van der Waals surface area contributed by atoms with E-state index in [4.69, 9.17) is 0 Å². The Hall–Kier alpha value is -3.47. The molecule has 1 fully saturated rings. The highest BCUT2D eigenvalue weighted by Gasteiger charge is 2.46. The topological polar surface area (TPSA) is 75.3 Å². The highest BCUT2D eigenvalue weighted by molar-refractivity contribution is 6.35. The summed E-state index contributed by atoms with van der Waals surface area (Å²) in [4.78, 5) is 35.9. The number of fused-ring (bicyclic) bond motifs is 1. The largest absolute Gasteiger partial charge is 0.345 e. The minimum absolute atomic E-state index is 0.128. The van der Waals surface area contributed by atoms with E-state index in [1.54, 1.807) is 18.2 Å². The first kappa shape index (κ1) is 30.1. The predicted molar refractivity (Wildman–Crippen MR) is 159 cm³/mol. The highest BCUT2D eigenvalue weighted by Crippen LogP contribution is 2.48. The zero-order valence-corrected chi connectivity index (χ0v) is 24.2. The van der Waals surface area contributed by atoms with Gasteiger partial charge in [0.15, 0.2) is 0 Å². The van der Waals surface area contributed by atoms with Gasteiger partial charge in [-0.2, -0.15) is 0 Å². The number of carbonyl (C=O) groups is 3. The van der Waals surface area contributed by atoms with Crippen LogP contribution in [0.2, 0.25) is 0 Å². The Morgan fingerprint density at radius 3 is 2.21 bits per heavy atom. The molecule has 5 heteroatoms. The Morgan fingerprint density at radius 2 is 1.54 bits per heavy atom. The zero-order chi connectivity index (χ0) is 28.4. The second kappa shape index (κ2) is 14.1. The van der Waals surface area contributed by atoms with Crippen LogP contribution >= 0.6 is 0 Å². The van der Waals surface area contributed by atoms with Gasteiger partial charge < -0.3 is 10.6 Å². The second-order valence-corrected chi connectivity index (χ2v) is 11.3. The van der Waals surface area contributed by atoms with Crippen molar-refractivity contribution < 1.29 is 14.4 Å². The fraction of sp³-hybridized carbons (Fsp3) is 0.441. The van der Waals surface area contributed by atoms with Crippen LogP contribution in [0.15, 0.2) is 66.7 Å². The van der Waals surface area contributed by atoms with E-state index in [1.165, 1.54) is 32.6 Å². The van der Waals surface area contributed by atoms with Crippen LogP contribution in [0.25, 0.3) is 10.8 Å². The molecule has 0 radical (unpaired) electrons. The van der Waals surface area contributed by atoms with E-state index in [9.17, 15) is 14.4 Å². The lowest BCUT2D eigenvalue weighted by Gasteiger charge is -2.21. The molecule has 1 aliphatic carbocycles. The summed E-state index contributed by atoms with van der Waals surface area (Å²) in [6, 6.07) is 21.5. The minimum Gasteiger partial charge on any atom is -0.345 e. The predicted octanol–water partition coefficient (Wildman–Crippen LogP) is 7.32. The molecule has 0 saturated heterocycles. The van der Waals surface area contributed by atoms with E-state index in [1.807, 2.05) is 24.3 Å². The number of amides is 2. The summed E-state index contributed by atoms with van der Waals surface area (Å²) in [5.41, 5.74) is 1.94. The number of rotatable bonds is 11. The smallest absolute Gasteiger partial charge is 0.287 e. The Labute approximate surface area is 233 Å². The van der Waals surface area contributed by atoms with Gasteiger partial charge in [-0.1, -0.05) is 114 Å². The number of hydrogen-bond acceptors (Lipinski definition) is 3. The van der Waals surface area contributed by atoms with Crippen LogP contribution in [-0.2, 0) is 21.7 Å². The molecule has 208 valence electrons. The zero-order valence-electron chi connectivity index (χ0n) is 24.2. The molecule has 3 aromatic carbocycles. The summed E-state index contributed by atoms with van der Waals surface area (Å²) in [7, 11) is 0. The van der Waals surface area contributed by atoms with Gasteiger partial charge >= 0.3 is 0 Å². The van der Waals surface area contributed by atoms with Crippen LogP contribution in [0.4, 0.5) is 0 Å². The lowest BCUT2D eigenvalue weighted by molar-refractivity contribution is -0.136. The fourth-order valence-corrected chi connectivity index (χ4v) is 4.79. The molecule has 2 N–H and O–H groups in total. The van der Waals surface area contributed by atoms with Gasteiger partial charge in [-0.05, 0) is 52.6 Å². The van der Waals surface area contributed by atoms with Crippen LogP contribution < -0.4 is 10.6 Å². The Kier molecular flexibility index (Phi) is 10.8. The van der Waals surface area contributed by atoms with Gasteiger partial charge in [-0.25, -0.2) is 0 Å². The second-order valence-electron chi connectivity index (χ2n) is 11.3. The van der Waals surface area contributed by atoms with Crippen molar-refractivity contribution in [2.45, 2.75) is 85.2 Å². The summed E-state index contributed by atoms with van der Waals surface area (Å²) in [5, 5.41) is 8.08. The molecule has 0 unspecified atom stereocenters. The van der Waals surface area contributed by atoms with E-state index < -0.39 is 11.7 Å². The molecule has 2 amide bonds. The summed E-state index contributed by atoms with van der Waals surface area (Å²) in [6.07, 6.45) is 7.37. The lowest BCUT2D eigenvalue weighted by atomic mass is 9.96. The van der Waals surface area contributed by atoms with Crippen LogP contribution in [0.5, 0.6) is 0 Å². The van der Waals surface area contributed by atoms with E-state index in [0.717, 1.165) is 41.0 Å². The first-order valence-electron chi connectivity index (χ1n) is 14.3. The molecule has 1 aliphatic rings. The third kappa shape index (κ3) is 8.51. The molecule has 1 saturated carbocycles. The average molecular weight is 529 g/mol. The molecule has 0 heterocycles. The highest BCUT2D eigenvalue weighted by atomic mass is 16.2. The molecule has 3 aromatic rings. The standard InChI is InChI=1S/C24H22N2O3.C10H22/c1-16(27)22(28)25-15-18-8-3-5-11-20(18)23(29)26-24(13-14-24)21-12-6-9-17-7-2-4-10-19(17)21;1-5-10(4)8-6-7-9(2)3/h2-12H,13-15H2,1H3,(H,25,28)(H,26,29);9-10H,5-8H2,1-4H3/t;10-/m.1/s1. The van der Waals surface area contributed by atoms with E-state index in [-0.39, 0.29) is 18.0 Å². The Morgan fingerprint density at radius 1 is 0.872 bits per heavy atom. The fourth-order valence-electron chi connectivity index (χ4n) is 4.79. The summed E-state index contributed by atoms with van der Waals surface area (Å²) in [5.74, 6) is 0.445. The van der Waals surface area contributed by atoms with E-state index in [2.05, 4.69) is 62.6 Å². The lowest BCUT2D eigenvalue weighted by Crippen LogP contribution is -2.36. The maximum absolute atomic E-state index is 13.1. The Balaban J connectivity index is 0.000000360. The summed E-state index contributed by atoms with van der Waals surface area (Å²) < 4.78 is 0. The monoisotopic (exact) mass is 528 g/mol. The van der Waals surface area contributed by atoms with Crippen molar-refractivity contribution in [3.8, 4) is 0 Å². The molecule has 0 bridgehead atoms. The molecular formula is C34H44N2O3. The number of Topliss-reactive ketones (excluding diaryl/α,β-unsaturated/α-hetero) is 1. The summed E-state index contributed by atoms with van der Waals surface area (Å²) in [6.45, 7) is 10.6. The minimum atomic E-state index is -0.658. The molecule has 1 atom stereocenters. The van der Waals surface area contributed by atoms with Crippen molar-refractivity contribution in [2.24, 2.45) is 11.8 Å². The van der Waals surface area contributed by atoms with Gasteiger partial charge in [0.05, 0.1) is 5.54 Å². The number of benzene rings is 3. The number of nitrogens with one attached hydrogen (secondary N) is 2. The van der Waals surface area contributed by atoms with Gasteiger partial charge in [-0.15, -0.1) is 0 Å². The van der Waals surface area contributed by atoms with Crippen molar-refractivity contribution in [3.05, 3.63) is 83.4 Å². The van der Waals surface area contributed by atoms with Gasteiger partial charge in [-0.3, -0.25) is 14.4 Å². The van der Waals surface area contributed by atoms with E-state index in [0.29, 0.717) is 11.1 Å². The van der Waals surface area contributed by atoms with Crippen molar-refractivity contribution in [2.75, 3.05) is 0 Å². The van der Waals surface area contributed by atoms with Crippen LogP contribution in [0, 0.1) is 11.8 Å². The first-order chi connectivity index (χ1) is 18.7. The Bertz CT molecular complexity index is 1270. The van der Waals surface area contributed by atoms with Gasteiger partial charge in [0, 0.05) is 19.0 Å². The summed E-state index contributed by atoms with van der Waals surface area (Å²) >= 11 is 0. The van der Waals surface area contributed by atoms with E-state index >= 15 is 0 Å². The van der Waals surface area contributed by atoms with Crippen LogP contribution in [0.3, 0.4) is 0 Å². The normalized spacial score (nSPS) is 14.2. The first-order valence-corrected chi connectivity index (χ1v) is 14.3. The number of carbonyl (C=O) groups excluding carboxylic acids is 3. The number of hydrogen-bond donors (Lipinski definition) is 2. The molecule has 0 spiro atoms. The van der Waals surface area contributed by atoms with Crippen LogP contribution in [0.1, 0.15) is 94.6 Å². The van der Waals surface area contributed by atoms with Crippen molar-refractivity contribution in [1.82, 2.24) is 10.6 Å². The van der Waals surface area contributed by atoms with Crippen molar-refractivity contribution in [1.29, 1.82) is 0 Å². The van der Waals surface area contributed by atoms with Gasteiger partial charge in [0.1, 0.15) is 0 Å². The molecule has 0 aliphatic heterocycles. The van der Waals surface area contributed by atoms with Crippen molar-refractivity contribution in [3.63, 3.8) is 0 Å². The maximum atomic E-state index is 13.1. The van der Waals surface area contributed by atoms with Crippen LogP contribution in [-0.4, -0.2) is 17.6 Å². The average Bonchev–Trinajstić information content (AvgIpc) is 3.71. The van der Waals surface area contributed by atoms with Gasteiger partial charge in [0.25, 0.3) is 11.8 Å². The SMILES string of the molecule is CC(=O)C(=O)NCc1ccccc1C(=O)NC1(c2cccc3ccccc23)CC1.CC[C@@H](C)CCCC(C)C. The molecule has 4 rings (SSSR count). The van der Waals surface area contributed by atoms with Gasteiger partial charge in [0.2, 0.25) is 5.78 Å². The molecule has 39 heavy (non-hydrogen) atoms. The maximum Gasteiger partial charge on any atom is 0.287 e. The quantitative estimate of drug-likeness (QED) is 0.256. The third-order valence-corrected chi connectivity index (χ3v) is 7.60. The molecule has 0 aromatic heterocycles. The molecular weight excluding hydrogens is 484 g/mol.